The minimum absolute atomic E-state index is 0.248. The standard InChI is InChI=1S/C22H26N4O2/c1-16(19-6-4-5-7-21(19)28-11-10-27-3)13-24-22-12-20(25-15-26-22)18-9-8-17(2)23-14-18/h4-9,12,14-16H,10-11,13H2,1-3H3,(H,24,25,26). The number of methoxy groups -OCH3 is 1. The minimum atomic E-state index is 0.248. The van der Waals surface area contributed by atoms with Gasteiger partial charge in [0, 0.05) is 43.1 Å². The topological polar surface area (TPSA) is 69.2 Å². The molecule has 1 aromatic carbocycles. The van der Waals surface area contributed by atoms with Gasteiger partial charge in [-0.25, -0.2) is 9.97 Å². The number of aryl methyl sites for hydroxylation is 1. The number of hydrogen-bond acceptors (Lipinski definition) is 6. The van der Waals surface area contributed by atoms with E-state index in [4.69, 9.17) is 9.47 Å². The molecular formula is C22H26N4O2. The van der Waals surface area contributed by atoms with Crippen molar-refractivity contribution in [1.29, 1.82) is 0 Å². The van der Waals surface area contributed by atoms with Gasteiger partial charge < -0.3 is 14.8 Å². The van der Waals surface area contributed by atoms with Crippen LogP contribution in [0.4, 0.5) is 5.82 Å². The Bertz CT molecular complexity index is 884. The molecule has 6 heteroatoms. The van der Waals surface area contributed by atoms with Crippen LogP contribution in [0.5, 0.6) is 5.75 Å². The Balaban J connectivity index is 1.66. The molecule has 0 bridgehead atoms. The van der Waals surface area contributed by atoms with Crippen LogP contribution in [0.3, 0.4) is 0 Å². The summed E-state index contributed by atoms with van der Waals surface area (Å²) in [5, 5.41) is 3.41. The third-order valence-corrected chi connectivity index (χ3v) is 4.46. The molecule has 1 atom stereocenters. The largest absolute Gasteiger partial charge is 0.491 e. The molecule has 1 unspecified atom stereocenters. The molecule has 3 rings (SSSR count). The van der Waals surface area contributed by atoms with E-state index in [9.17, 15) is 0 Å². The van der Waals surface area contributed by atoms with Gasteiger partial charge in [-0.3, -0.25) is 4.98 Å². The second-order valence-corrected chi connectivity index (χ2v) is 6.64. The summed E-state index contributed by atoms with van der Waals surface area (Å²) >= 11 is 0. The van der Waals surface area contributed by atoms with E-state index in [1.807, 2.05) is 49.5 Å². The number of para-hydroxylation sites is 1. The van der Waals surface area contributed by atoms with E-state index < -0.39 is 0 Å². The number of benzene rings is 1. The van der Waals surface area contributed by atoms with Crippen molar-refractivity contribution in [1.82, 2.24) is 15.0 Å². The molecule has 6 nitrogen and oxygen atoms in total. The third-order valence-electron chi connectivity index (χ3n) is 4.46. The lowest BCUT2D eigenvalue weighted by molar-refractivity contribution is 0.145. The second-order valence-electron chi connectivity index (χ2n) is 6.64. The number of nitrogens with one attached hydrogen (secondary N) is 1. The molecular weight excluding hydrogens is 352 g/mol. The van der Waals surface area contributed by atoms with E-state index in [1.54, 1.807) is 13.4 Å². The lowest BCUT2D eigenvalue weighted by Crippen LogP contribution is -2.13. The number of aromatic nitrogens is 3. The Hall–Kier alpha value is -2.99. The van der Waals surface area contributed by atoms with Gasteiger partial charge in [0.25, 0.3) is 0 Å². The average molecular weight is 378 g/mol. The maximum Gasteiger partial charge on any atom is 0.129 e. The third kappa shape index (κ3) is 5.27. The highest BCUT2D eigenvalue weighted by atomic mass is 16.5. The van der Waals surface area contributed by atoms with E-state index in [1.165, 1.54) is 0 Å². The van der Waals surface area contributed by atoms with Crippen molar-refractivity contribution in [2.75, 3.05) is 32.2 Å². The van der Waals surface area contributed by atoms with Gasteiger partial charge in [0.05, 0.1) is 12.3 Å². The van der Waals surface area contributed by atoms with Crippen LogP contribution in [-0.2, 0) is 4.74 Å². The van der Waals surface area contributed by atoms with Crippen LogP contribution in [0.25, 0.3) is 11.3 Å². The van der Waals surface area contributed by atoms with Crippen molar-refractivity contribution in [3.63, 3.8) is 0 Å². The Labute approximate surface area is 166 Å². The van der Waals surface area contributed by atoms with E-state index in [0.717, 1.165) is 40.6 Å². The number of ether oxygens (including phenoxy) is 2. The van der Waals surface area contributed by atoms with Gasteiger partial charge in [-0.15, -0.1) is 0 Å². The molecule has 0 fully saturated rings. The molecule has 3 aromatic rings. The molecule has 0 aliphatic carbocycles. The summed E-state index contributed by atoms with van der Waals surface area (Å²) in [4.78, 5) is 13.0. The lowest BCUT2D eigenvalue weighted by atomic mass is 10.00. The van der Waals surface area contributed by atoms with Crippen molar-refractivity contribution < 1.29 is 9.47 Å². The summed E-state index contributed by atoms with van der Waals surface area (Å²) in [5.74, 6) is 1.93. The molecule has 2 aromatic heterocycles. The summed E-state index contributed by atoms with van der Waals surface area (Å²) in [7, 11) is 1.67. The van der Waals surface area contributed by atoms with Crippen molar-refractivity contribution in [3.8, 4) is 17.0 Å². The summed E-state index contributed by atoms with van der Waals surface area (Å²) in [6.45, 7) is 5.96. The van der Waals surface area contributed by atoms with Crippen LogP contribution >= 0.6 is 0 Å². The number of anilines is 1. The van der Waals surface area contributed by atoms with Crippen LogP contribution in [0.15, 0.2) is 55.0 Å². The number of hydrogen-bond donors (Lipinski definition) is 1. The second kappa shape index (κ2) is 9.80. The highest BCUT2D eigenvalue weighted by Crippen LogP contribution is 2.27. The molecule has 0 radical (unpaired) electrons. The molecule has 0 spiro atoms. The van der Waals surface area contributed by atoms with Crippen LogP contribution in [0.1, 0.15) is 24.1 Å². The molecule has 28 heavy (non-hydrogen) atoms. The molecule has 0 saturated heterocycles. The van der Waals surface area contributed by atoms with Gasteiger partial charge in [-0.1, -0.05) is 25.1 Å². The predicted molar refractivity (Wildman–Crippen MR) is 111 cm³/mol. The van der Waals surface area contributed by atoms with Crippen LogP contribution in [0.2, 0.25) is 0 Å². The van der Waals surface area contributed by atoms with E-state index in [2.05, 4.69) is 33.3 Å². The molecule has 1 N–H and O–H groups in total. The van der Waals surface area contributed by atoms with Crippen molar-refractivity contribution in [2.45, 2.75) is 19.8 Å². The Morgan fingerprint density at radius 2 is 1.89 bits per heavy atom. The van der Waals surface area contributed by atoms with E-state index in [0.29, 0.717) is 13.2 Å². The fourth-order valence-corrected chi connectivity index (χ4v) is 2.85. The van der Waals surface area contributed by atoms with Crippen molar-refractivity contribution >= 4 is 5.82 Å². The molecule has 0 aliphatic rings. The normalized spacial score (nSPS) is 11.8. The van der Waals surface area contributed by atoms with E-state index in [-0.39, 0.29) is 5.92 Å². The zero-order valence-corrected chi connectivity index (χ0v) is 16.6. The minimum Gasteiger partial charge on any atom is -0.491 e. The first-order valence-electron chi connectivity index (χ1n) is 9.37. The van der Waals surface area contributed by atoms with Crippen molar-refractivity contribution in [3.05, 3.63) is 66.2 Å². The zero-order valence-electron chi connectivity index (χ0n) is 16.6. The Morgan fingerprint density at radius 3 is 2.68 bits per heavy atom. The fourth-order valence-electron chi connectivity index (χ4n) is 2.85. The number of nitrogens with zero attached hydrogens (tertiary/aromatic N) is 3. The summed E-state index contributed by atoms with van der Waals surface area (Å²) in [5.41, 5.74) is 3.96. The van der Waals surface area contributed by atoms with Crippen LogP contribution in [-0.4, -0.2) is 41.8 Å². The van der Waals surface area contributed by atoms with Gasteiger partial charge in [0.15, 0.2) is 0 Å². The zero-order chi connectivity index (χ0) is 19.8. The van der Waals surface area contributed by atoms with Gasteiger partial charge >= 0.3 is 0 Å². The highest BCUT2D eigenvalue weighted by Gasteiger charge is 2.12. The van der Waals surface area contributed by atoms with Gasteiger partial charge in [0.1, 0.15) is 24.5 Å². The fraction of sp³-hybridized carbons (Fsp3) is 0.318. The first kappa shape index (κ1) is 19.8. The molecule has 0 amide bonds. The van der Waals surface area contributed by atoms with Crippen molar-refractivity contribution in [2.24, 2.45) is 0 Å². The summed E-state index contributed by atoms with van der Waals surface area (Å²) in [6, 6.07) is 14.0. The first-order chi connectivity index (χ1) is 13.7. The molecule has 146 valence electrons. The van der Waals surface area contributed by atoms with Gasteiger partial charge in [-0.2, -0.15) is 0 Å². The summed E-state index contributed by atoms with van der Waals surface area (Å²) in [6.07, 6.45) is 3.40. The molecule has 0 saturated carbocycles. The highest BCUT2D eigenvalue weighted by molar-refractivity contribution is 5.61. The van der Waals surface area contributed by atoms with Gasteiger partial charge in [0.2, 0.25) is 0 Å². The van der Waals surface area contributed by atoms with E-state index >= 15 is 0 Å². The number of rotatable bonds is 9. The first-order valence-corrected chi connectivity index (χ1v) is 9.37. The Kier molecular flexibility index (Phi) is 6.92. The van der Waals surface area contributed by atoms with Crippen LogP contribution in [0, 0.1) is 6.92 Å². The SMILES string of the molecule is COCCOc1ccccc1C(C)CNc1cc(-c2ccc(C)nc2)ncn1. The average Bonchev–Trinajstić information content (AvgIpc) is 2.73. The maximum absolute atomic E-state index is 5.85. The predicted octanol–water partition coefficient (Wildman–Crippen LogP) is 4.09. The summed E-state index contributed by atoms with van der Waals surface area (Å²) < 4.78 is 10.9. The molecule has 0 aliphatic heterocycles. The molecule has 2 heterocycles. The Morgan fingerprint density at radius 1 is 1.04 bits per heavy atom. The smallest absolute Gasteiger partial charge is 0.129 e. The maximum atomic E-state index is 5.85. The van der Waals surface area contributed by atoms with Crippen LogP contribution < -0.4 is 10.1 Å². The monoisotopic (exact) mass is 378 g/mol. The quantitative estimate of drug-likeness (QED) is 0.566. The van der Waals surface area contributed by atoms with Gasteiger partial charge in [-0.05, 0) is 30.7 Å². The number of pyridine rings is 1. The lowest BCUT2D eigenvalue weighted by Gasteiger charge is -2.18.